The summed E-state index contributed by atoms with van der Waals surface area (Å²) in [5, 5.41) is 14.5. The number of nitro groups is 1. The van der Waals surface area contributed by atoms with E-state index in [9.17, 15) is 14.9 Å². The van der Waals surface area contributed by atoms with Crippen LogP contribution in [0, 0.1) is 15.5 Å². The first-order valence-corrected chi connectivity index (χ1v) is 10.7. The molecule has 0 saturated carbocycles. The number of nitrogens with zero attached hydrogens (tertiary/aromatic N) is 5. The fraction of sp³-hybridized carbons (Fsp3) is 0.500. The molecule has 0 bridgehead atoms. The van der Waals surface area contributed by atoms with Crippen molar-refractivity contribution in [2.75, 3.05) is 36.4 Å². The summed E-state index contributed by atoms with van der Waals surface area (Å²) < 4.78 is 5.48. The highest BCUT2D eigenvalue weighted by atomic mass is 16.6. The molecule has 32 heavy (non-hydrogen) atoms. The Morgan fingerprint density at radius 1 is 1.16 bits per heavy atom. The van der Waals surface area contributed by atoms with E-state index in [1.54, 1.807) is 35.5 Å². The maximum atomic E-state index is 12.3. The quantitative estimate of drug-likeness (QED) is 0.561. The molecule has 2 saturated heterocycles. The van der Waals surface area contributed by atoms with Crippen LogP contribution in [0.2, 0.25) is 0 Å². The Bertz CT molecular complexity index is 991. The van der Waals surface area contributed by atoms with E-state index in [4.69, 9.17) is 4.74 Å². The molecule has 2 aromatic rings. The number of likely N-dealkylation sites (tertiary alicyclic amines) is 1. The Balaban J connectivity index is 1.40. The summed E-state index contributed by atoms with van der Waals surface area (Å²) in [6, 6.07) is 6.64. The molecule has 2 fully saturated rings. The van der Waals surface area contributed by atoms with Crippen LogP contribution in [0.1, 0.15) is 33.6 Å². The number of anilines is 3. The number of hydrogen-bond acceptors (Lipinski definition) is 8. The summed E-state index contributed by atoms with van der Waals surface area (Å²) in [5.74, 6) is 0.909. The number of ether oxygens (including phenoxy) is 1. The minimum atomic E-state index is -0.497. The van der Waals surface area contributed by atoms with Crippen LogP contribution in [0.5, 0.6) is 0 Å². The summed E-state index contributed by atoms with van der Waals surface area (Å²) in [6.45, 7) is 8.58. The van der Waals surface area contributed by atoms with Crippen molar-refractivity contribution in [1.29, 1.82) is 0 Å². The number of nitrogens with one attached hydrogen (secondary N) is 1. The number of piperidine rings is 1. The fourth-order valence-corrected chi connectivity index (χ4v) is 4.16. The van der Waals surface area contributed by atoms with Crippen molar-refractivity contribution >= 4 is 29.1 Å². The lowest BCUT2D eigenvalue weighted by Gasteiger charge is -2.54. The SMILES string of the molecule is CC(C)(C)OC(=O)N1CCC2(CC1)CN(c1ccc([N+](=O)[O-])c(Nc3ccncc3)n1)C2. The van der Waals surface area contributed by atoms with E-state index in [2.05, 4.69) is 20.2 Å². The molecule has 10 nitrogen and oxygen atoms in total. The molecule has 2 aromatic heterocycles. The Hall–Kier alpha value is -3.43. The average molecular weight is 441 g/mol. The molecule has 2 aliphatic rings. The van der Waals surface area contributed by atoms with Crippen LogP contribution < -0.4 is 10.2 Å². The lowest BCUT2D eigenvalue weighted by Crippen LogP contribution is -2.61. The number of carbonyl (C=O) groups excluding carboxylic acids is 1. The van der Waals surface area contributed by atoms with Crippen molar-refractivity contribution in [2.24, 2.45) is 5.41 Å². The molecule has 10 heteroatoms. The van der Waals surface area contributed by atoms with Crippen molar-refractivity contribution in [3.05, 3.63) is 46.8 Å². The lowest BCUT2D eigenvalue weighted by molar-refractivity contribution is -0.384. The number of hydrogen-bond donors (Lipinski definition) is 1. The van der Waals surface area contributed by atoms with Crippen LogP contribution in [0.4, 0.5) is 27.8 Å². The number of pyridine rings is 2. The molecule has 0 unspecified atom stereocenters. The summed E-state index contributed by atoms with van der Waals surface area (Å²) in [6.07, 6.45) is 4.77. The van der Waals surface area contributed by atoms with Gasteiger partial charge in [0.05, 0.1) is 4.92 Å². The molecule has 1 spiro atoms. The first-order valence-electron chi connectivity index (χ1n) is 10.7. The van der Waals surface area contributed by atoms with E-state index >= 15 is 0 Å². The minimum Gasteiger partial charge on any atom is -0.444 e. The third-order valence-corrected chi connectivity index (χ3v) is 5.85. The topological polar surface area (TPSA) is 114 Å². The highest BCUT2D eigenvalue weighted by molar-refractivity contribution is 5.69. The Labute approximate surface area is 186 Å². The Morgan fingerprint density at radius 2 is 1.81 bits per heavy atom. The van der Waals surface area contributed by atoms with Gasteiger partial charge in [-0.25, -0.2) is 9.78 Å². The van der Waals surface area contributed by atoms with Crippen LogP contribution in [0.15, 0.2) is 36.7 Å². The number of aromatic nitrogens is 2. The molecule has 0 atom stereocenters. The Morgan fingerprint density at radius 3 is 2.41 bits per heavy atom. The van der Waals surface area contributed by atoms with Gasteiger partial charge in [-0.2, -0.15) is 0 Å². The van der Waals surface area contributed by atoms with Crippen molar-refractivity contribution in [3.63, 3.8) is 0 Å². The summed E-state index contributed by atoms with van der Waals surface area (Å²) in [7, 11) is 0. The molecular weight excluding hydrogens is 412 g/mol. The number of rotatable bonds is 4. The van der Waals surface area contributed by atoms with E-state index in [0.717, 1.165) is 25.9 Å². The molecule has 1 N–H and O–H groups in total. The maximum Gasteiger partial charge on any atom is 0.410 e. The highest BCUT2D eigenvalue weighted by Crippen LogP contribution is 2.43. The van der Waals surface area contributed by atoms with Crippen molar-refractivity contribution in [1.82, 2.24) is 14.9 Å². The van der Waals surface area contributed by atoms with Crippen LogP contribution in [-0.4, -0.2) is 57.7 Å². The van der Waals surface area contributed by atoms with Crippen molar-refractivity contribution < 1.29 is 14.5 Å². The Kier molecular flexibility index (Phi) is 5.62. The molecular formula is C22H28N6O4. The molecule has 0 aliphatic carbocycles. The van der Waals surface area contributed by atoms with Gasteiger partial charge < -0.3 is 19.9 Å². The average Bonchev–Trinajstić information content (AvgIpc) is 2.71. The monoisotopic (exact) mass is 440 g/mol. The predicted octanol–water partition coefficient (Wildman–Crippen LogP) is 3.97. The fourth-order valence-electron chi connectivity index (χ4n) is 4.16. The van der Waals surface area contributed by atoms with Gasteiger partial charge >= 0.3 is 11.8 Å². The second-order valence-electron chi connectivity index (χ2n) is 9.48. The molecule has 0 aromatic carbocycles. The van der Waals surface area contributed by atoms with Gasteiger partial charge in [0.1, 0.15) is 11.4 Å². The minimum absolute atomic E-state index is 0.0773. The van der Waals surface area contributed by atoms with Gasteiger partial charge in [0.15, 0.2) is 0 Å². The molecule has 170 valence electrons. The van der Waals surface area contributed by atoms with E-state index < -0.39 is 10.5 Å². The normalized spacial score (nSPS) is 17.6. The first-order chi connectivity index (χ1) is 15.1. The van der Waals surface area contributed by atoms with Gasteiger partial charge in [0, 0.05) is 55.7 Å². The zero-order chi connectivity index (χ0) is 22.9. The summed E-state index contributed by atoms with van der Waals surface area (Å²) in [5.41, 5.74) is 0.248. The number of carbonyl (C=O) groups is 1. The van der Waals surface area contributed by atoms with Gasteiger partial charge in [0.2, 0.25) is 5.82 Å². The predicted molar refractivity (Wildman–Crippen MR) is 120 cm³/mol. The van der Waals surface area contributed by atoms with Crippen LogP contribution in [0.3, 0.4) is 0 Å². The second kappa shape index (κ2) is 8.25. The van der Waals surface area contributed by atoms with Crippen LogP contribution in [0.25, 0.3) is 0 Å². The van der Waals surface area contributed by atoms with Gasteiger partial charge in [-0.05, 0) is 51.8 Å². The summed E-state index contributed by atoms with van der Waals surface area (Å²) in [4.78, 5) is 35.7. The van der Waals surface area contributed by atoms with Gasteiger partial charge in [-0.1, -0.05) is 0 Å². The summed E-state index contributed by atoms with van der Waals surface area (Å²) >= 11 is 0. The van der Waals surface area contributed by atoms with E-state index in [-0.39, 0.29) is 23.0 Å². The van der Waals surface area contributed by atoms with E-state index in [1.165, 1.54) is 6.07 Å². The zero-order valence-corrected chi connectivity index (χ0v) is 18.6. The third-order valence-electron chi connectivity index (χ3n) is 5.85. The first kappa shape index (κ1) is 21.8. The van der Waals surface area contributed by atoms with Crippen LogP contribution >= 0.6 is 0 Å². The molecule has 1 amide bonds. The molecule has 4 rings (SSSR count). The maximum absolute atomic E-state index is 12.3. The third kappa shape index (κ3) is 4.74. The van der Waals surface area contributed by atoms with E-state index in [1.807, 2.05) is 20.8 Å². The van der Waals surface area contributed by atoms with Crippen LogP contribution in [-0.2, 0) is 4.74 Å². The largest absolute Gasteiger partial charge is 0.444 e. The van der Waals surface area contributed by atoms with Gasteiger partial charge in [-0.15, -0.1) is 0 Å². The zero-order valence-electron chi connectivity index (χ0n) is 18.6. The van der Waals surface area contributed by atoms with Gasteiger partial charge in [-0.3, -0.25) is 15.1 Å². The molecule has 0 radical (unpaired) electrons. The van der Waals surface area contributed by atoms with Crippen molar-refractivity contribution in [2.45, 2.75) is 39.2 Å². The van der Waals surface area contributed by atoms with Crippen molar-refractivity contribution in [3.8, 4) is 0 Å². The smallest absolute Gasteiger partial charge is 0.410 e. The lowest BCUT2D eigenvalue weighted by atomic mass is 9.72. The highest BCUT2D eigenvalue weighted by Gasteiger charge is 2.46. The second-order valence-corrected chi connectivity index (χ2v) is 9.48. The van der Waals surface area contributed by atoms with Gasteiger partial charge in [0.25, 0.3) is 0 Å². The molecule has 2 aliphatic heterocycles. The molecule has 4 heterocycles. The van der Waals surface area contributed by atoms with E-state index in [0.29, 0.717) is 24.6 Å². The standard InChI is InChI=1S/C22H28N6O4/c1-21(2,3)32-20(29)26-12-8-22(9-13-26)14-27(15-22)18-5-4-17(28(30)31)19(25-18)24-16-6-10-23-11-7-16/h4-7,10-11H,8-9,12-15H2,1-3H3,(H,23,24,25). The number of amides is 1.